The van der Waals surface area contributed by atoms with Crippen molar-refractivity contribution >= 4 is 29.2 Å². The van der Waals surface area contributed by atoms with E-state index >= 15 is 0 Å². The van der Waals surface area contributed by atoms with Gasteiger partial charge in [-0.25, -0.2) is 9.97 Å². The fourth-order valence-electron chi connectivity index (χ4n) is 3.41. The Hall–Kier alpha value is -3.69. The molecule has 1 aliphatic rings. The lowest BCUT2D eigenvalue weighted by Crippen LogP contribution is -2.32. The molecule has 0 aliphatic carbocycles. The maximum absolute atomic E-state index is 12.9. The van der Waals surface area contributed by atoms with E-state index in [-0.39, 0.29) is 5.91 Å². The summed E-state index contributed by atoms with van der Waals surface area (Å²) in [5.41, 5.74) is 2.20. The molecule has 0 bridgehead atoms. The van der Waals surface area contributed by atoms with Gasteiger partial charge >= 0.3 is 6.18 Å². The van der Waals surface area contributed by atoms with Gasteiger partial charge in [0.05, 0.1) is 5.56 Å². The Morgan fingerprint density at radius 1 is 1.06 bits per heavy atom. The van der Waals surface area contributed by atoms with Gasteiger partial charge in [0.1, 0.15) is 6.33 Å². The van der Waals surface area contributed by atoms with Gasteiger partial charge in [0, 0.05) is 31.4 Å². The highest BCUT2D eigenvalue weighted by atomic mass is 19.4. The number of rotatable bonds is 4. The molecule has 7 nitrogen and oxygen atoms in total. The fourth-order valence-corrected chi connectivity index (χ4v) is 3.41. The van der Waals surface area contributed by atoms with Crippen LogP contribution in [0.25, 0.3) is 0 Å². The summed E-state index contributed by atoms with van der Waals surface area (Å²) in [6.45, 7) is 2.34. The molecular weight excluding hydrogens is 409 g/mol. The minimum Gasteiger partial charge on any atom is -0.336 e. The van der Waals surface area contributed by atoms with Crippen LogP contribution in [-0.4, -0.2) is 27.4 Å². The van der Waals surface area contributed by atoms with Gasteiger partial charge in [-0.15, -0.1) is 0 Å². The van der Waals surface area contributed by atoms with Crippen LogP contribution in [-0.2, 0) is 23.9 Å². The van der Waals surface area contributed by atoms with E-state index in [1.54, 1.807) is 18.2 Å². The van der Waals surface area contributed by atoms with Gasteiger partial charge in [0.25, 0.3) is 0 Å². The van der Waals surface area contributed by atoms with Crippen molar-refractivity contribution in [3.05, 3.63) is 65.5 Å². The molecule has 0 atom stereocenters. The summed E-state index contributed by atoms with van der Waals surface area (Å²) >= 11 is 0. The maximum Gasteiger partial charge on any atom is 0.416 e. The minimum absolute atomic E-state index is 0.174. The third-order valence-electron chi connectivity index (χ3n) is 4.83. The summed E-state index contributed by atoms with van der Waals surface area (Å²) in [5.74, 6) is 0.580. The van der Waals surface area contributed by atoms with Crippen LogP contribution >= 0.6 is 0 Å². The van der Waals surface area contributed by atoms with Gasteiger partial charge in [0.2, 0.25) is 17.8 Å². The number of carbonyl (C=O) groups is 1. The minimum atomic E-state index is -4.35. The van der Waals surface area contributed by atoms with Crippen molar-refractivity contribution in [3.8, 4) is 0 Å². The Bertz CT molecular complexity index is 1120. The van der Waals surface area contributed by atoms with E-state index in [0.29, 0.717) is 48.3 Å². The second-order valence-corrected chi connectivity index (χ2v) is 7.15. The zero-order valence-corrected chi connectivity index (χ0v) is 16.6. The lowest BCUT2D eigenvalue weighted by molar-refractivity contribution is -0.137. The van der Waals surface area contributed by atoms with E-state index in [9.17, 15) is 18.0 Å². The van der Waals surface area contributed by atoms with E-state index < -0.39 is 11.7 Å². The van der Waals surface area contributed by atoms with Crippen LogP contribution < -0.4 is 15.5 Å². The quantitative estimate of drug-likeness (QED) is 0.650. The van der Waals surface area contributed by atoms with Gasteiger partial charge in [-0.2, -0.15) is 18.2 Å². The average molecular weight is 428 g/mol. The summed E-state index contributed by atoms with van der Waals surface area (Å²) < 4.78 is 38.8. The molecule has 2 aromatic carbocycles. The van der Waals surface area contributed by atoms with Crippen molar-refractivity contribution < 1.29 is 18.0 Å². The molecule has 1 aliphatic heterocycles. The molecule has 160 valence electrons. The number of benzene rings is 2. The number of anilines is 4. The van der Waals surface area contributed by atoms with Gasteiger partial charge in [0.15, 0.2) is 0 Å². The number of nitrogens with zero attached hydrogens (tertiary/aromatic N) is 4. The van der Waals surface area contributed by atoms with Crippen LogP contribution in [0.2, 0.25) is 0 Å². The normalized spacial score (nSPS) is 13.5. The molecule has 1 aromatic heterocycles. The second kappa shape index (κ2) is 8.21. The molecule has 0 spiro atoms. The van der Waals surface area contributed by atoms with Crippen LogP contribution in [0.3, 0.4) is 0 Å². The Balaban J connectivity index is 1.50. The number of aromatic nitrogens is 3. The van der Waals surface area contributed by atoms with Crippen LogP contribution in [0.5, 0.6) is 0 Å². The third kappa shape index (κ3) is 4.90. The van der Waals surface area contributed by atoms with Gasteiger partial charge in [-0.3, -0.25) is 4.79 Å². The van der Waals surface area contributed by atoms with Crippen molar-refractivity contribution in [2.24, 2.45) is 0 Å². The summed E-state index contributed by atoms with van der Waals surface area (Å²) in [4.78, 5) is 25.9. The highest BCUT2D eigenvalue weighted by Gasteiger charge is 2.31. The first-order valence-electron chi connectivity index (χ1n) is 9.55. The summed E-state index contributed by atoms with van der Waals surface area (Å²) in [6.07, 6.45) is -2.50. The number of hydrogen-bond donors (Lipinski definition) is 2. The van der Waals surface area contributed by atoms with E-state index in [0.717, 1.165) is 11.6 Å². The zero-order chi connectivity index (χ0) is 22.0. The molecule has 0 unspecified atom stereocenters. The summed E-state index contributed by atoms with van der Waals surface area (Å²) in [5, 5.41) is 5.78. The first kappa shape index (κ1) is 20.6. The molecule has 2 N–H and O–H groups in total. The van der Waals surface area contributed by atoms with Crippen molar-refractivity contribution in [1.29, 1.82) is 0 Å². The number of carbonyl (C=O) groups excluding carboxylic acids is 1. The topological polar surface area (TPSA) is 83.0 Å². The van der Waals surface area contributed by atoms with E-state index in [1.165, 1.54) is 25.4 Å². The van der Waals surface area contributed by atoms with E-state index in [1.807, 2.05) is 11.0 Å². The third-order valence-corrected chi connectivity index (χ3v) is 4.83. The van der Waals surface area contributed by atoms with Crippen molar-refractivity contribution in [1.82, 2.24) is 15.0 Å². The molecule has 0 saturated heterocycles. The van der Waals surface area contributed by atoms with Crippen LogP contribution in [0.4, 0.5) is 36.4 Å². The predicted molar refractivity (Wildman–Crippen MR) is 110 cm³/mol. The largest absolute Gasteiger partial charge is 0.416 e. The fraction of sp³-hybridized carbons (Fsp3) is 0.238. The lowest BCUT2D eigenvalue weighted by Gasteiger charge is -2.29. The number of alkyl halides is 3. The van der Waals surface area contributed by atoms with Gasteiger partial charge in [-0.05, 0) is 47.9 Å². The Morgan fingerprint density at radius 2 is 1.87 bits per heavy atom. The average Bonchev–Trinajstić information content (AvgIpc) is 2.72. The van der Waals surface area contributed by atoms with E-state index in [2.05, 4.69) is 25.6 Å². The SMILES string of the molecule is CC(=O)Nc1cccc(Nc2ncnc(N3CCc4cc(C(F)(F)F)ccc4C3)n2)c1. The Kier molecular flexibility index (Phi) is 5.45. The number of hydrogen-bond acceptors (Lipinski definition) is 6. The molecule has 10 heteroatoms. The maximum atomic E-state index is 12.9. The molecule has 0 radical (unpaired) electrons. The molecular formula is C21H19F3N6O. The molecule has 3 aromatic rings. The van der Waals surface area contributed by atoms with E-state index in [4.69, 9.17) is 0 Å². The Labute approximate surface area is 176 Å². The zero-order valence-electron chi connectivity index (χ0n) is 16.6. The molecule has 1 amide bonds. The molecule has 4 rings (SSSR count). The highest BCUT2D eigenvalue weighted by Crippen LogP contribution is 2.32. The highest BCUT2D eigenvalue weighted by molar-refractivity contribution is 5.89. The Morgan fingerprint density at radius 3 is 2.65 bits per heavy atom. The summed E-state index contributed by atoms with van der Waals surface area (Å²) in [6, 6.07) is 10.9. The molecule has 31 heavy (non-hydrogen) atoms. The molecule has 0 fully saturated rings. The lowest BCUT2D eigenvalue weighted by atomic mass is 9.97. The number of nitrogens with one attached hydrogen (secondary N) is 2. The van der Waals surface area contributed by atoms with Crippen LogP contribution in [0.1, 0.15) is 23.6 Å². The predicted octanol–water partition coefficient (Wildman–Crippen LogP) is 4.16. The summed E-state index contributed by atoms with van der Waals surface area (Å²) in [7, 11) is 0. The van der Waals surface area contributed by atoms with Gasteiger partial charge in [-0.1, -0.05) is 12.1 Å². The molecule has 0 saturated carbocycles. The standard InChI is InChI=1S/C21H19F3N6O/c1-13(31)27-17-3-2-4-18(10-17)28-19-25-12-26-20(29-19)30-8-7-14-9-16(21(22,23)24)6-5-15(14)11-30/h2-6,9-10,12H,7-8,11H2,1H3,(H,27,31)(H,25,26,28,29). The first-order chi connectivity index (χ1) is 14.8. The first-order valence-corrected chi connectivity index (χ1v) is 9.55. The van der Waals surface area contributed by atoms with Crippen molar-refractivity contribution in [2.75, 3.05) is 22.1 Å². The smallest absolute Gasteiger partial charge is 0.336 e. The van der Waals surface area contributed by atoms with Crippen LogP contribution in [0, 0.1) is 0 Å². The van der Waals surface area contributed by atoms with Crippen molar-refractivity contribution in [3.63, 3.8) is 0 Å². The van der Waals surface area contributed by atoms with Crippen LogP contribution in [0.15, 0.2) is 48.8 Å². The van der Waals surface area contributed by atoms with Crippen molar-refractivity contribution in [2.45, 2.75) is 26.1 Å². The molecule has 2 heterocycles. The second-order valence-electron chi connectivity index (χ2n) is 7.15. The number of amides is 1. The monoisotopic (exact) mass is 428 g/mol. The number of fused-ring (bicyclic) bond motifs is 1. The van der Waals surface area contributed by atoms with Gasteiger partial charge < -0.3 is 15.5 Å². The number of halogens is 3.